The smallest absolute Gasteiger partial charge is 0.137 e. The minimum absolute atomic E-state index is 0. The summed E-state index contributed by atoms with van der Waals surface area (Å²) in [5.41, 5.74) is 0.589. The van der Waals surface area contributed by atoms with E-state index in [0.717, 1.165) is 0 Å². The minimum Gasteiger partial charge on any atom is -0.490 e. The number of nitrogens with zero attached hydrogens (tertiary/aromatic N) is 1. The number of benzene rings is 1. The molecule has 1 aromatic carbocycles. The summed E-state index contributed by atoms with van der Waals surface area (Å²) in [6.45, 7) is 3.88. The van der Waals surface area contributed by atoms with Crippen LogP contribution in [0.4, 0.5) is 0 Å². The number of hydrogen-bond acceptors (Lipinski definition) is 2. The standard InChI is InChI=1S/C10H11NO.H2O/c1-8(2)12-10-6-4-3-5-9(10)7-11;/h3-6,8H,1-2H3;1H2. The molecular formula is C10H13NO2. The topological polar surface area (TPSA) is 64.5 Å². The summed E-state index contributed by atoms with van der Waals surface area (Å²) in [6, 6.07) is 9.31. The van der Waals surface area contributed by atoms with Crippen LogP contribution in [-0.2, 0) is 0 Å². The molecule has 2 N–H and O–H groups in total. The van der Waals surface area contributed by atoms with Crippen molar-refractivity contribution in [3.05, 3.63) is 29.8 Å². The molecule has 3 nitrogen and oxygen atoms in total. The number of ether oxygens (including phenoxy) is 1. The first-order valence-electron chi connectivity index (χ1n) is 3.90. The maximum absolute atomic E-state index is 8.70. The molecule has 0 bridgehead atoms. The molecule has 0 heterocycles. The predicted octanol–water partition coefficient (Wildman–Crippen LogP) is 1.52. The van der Waals surface area contributed by atoms with Gasteiger partial charge in [0.2, 0.25) is 0 Å². The van der Waals surface area contributed by atoms with E-state index in [0.29, 0.717) is 11.3 Å². The second-order valence-electron chi connectivity index (χ2n) is 2.77. The number of hydrogen-bond donors (Lipinski definition) is 0. The lowest BCUT2D eigenvalue weighted by molar-refractivity contribution is 0.241. The van der Waals surface area contributed by atoms with Crippen molar-refractivity contribution in [2.45, 2.75) is 20.0 Å². The van der Waals surface area contributed by atoms with Gasteiger partial charge in [-0.1, -0.05) is 12.1 Å². The van der Waals surface area contributed by atoms with Crippen LogP contribution >= 0.6 is 0 Å². The molecule has 0 aromatic heterocycles. The average molecular weight is 179 g/mol. The molecule has 0 aliphatic heterocycles. The number of para-hydroxylation sites is 1. The first-order valence-corrected chi connectivity index (χ1v) is 3.90. The average Bonchev–Trinajstić information content (AvgIpc) is 2.04. The lowest BCUT2D eigenvalue weighted by atomic mass is 10.2. The van der Waals surface area contributed by atoms with Crippen molar-refractivity contribution < 1.29 is 10.2 Å². The van der Waals surface area contributed by atoms with Gasteiger partial charge in [-0.3, -0.25) is 0 Å². The maximum Gasteiger partial charge on any atom is 0.137 e. The van der Waals surface area contributed by atoms with Crippen molar-refractivity contribution in [3.8, 4) is 11.8 Å². The van der Waals surface area contributed by atoms with Gasteiger partial charge in [-0.2, -0.15) is 5.26 Å². The quantitative estimate of drug-likeness (QED) is 0.690. The third kappa shape index (κ3) is 3.14. The molecule has 13 heavy (non-hydrogen) atoms. The predicted molar refractivity (Wildman–Crippen MR) is 50.5 cm³/mol. The van der Waals surface area contributed by atoms with Gasteiger partial charge in [-0.25, -0.2) is 0 Å². The van der Waals surface area contributed by atoms with E-state index in [1.54, 1.807) is 12.1 Å². The molecule has 0 aliphatic carbocycles. The second-order valence-corrected chi connectivity index (χ2v) is 2.77. The van der Waals surface area contributed by atoms with E-state index in [1.165, 1.54) is 0 Å². The van der Waals surface area contributed by atoms with Crippen LogP contribution in [0.2, 0.25) is 0 Å². The summed E-state index contributed by atoms with van der Waals surface area (Å²) in [4.78, 5) is 0. The summed E-state index contributed by atoms with van der Waals surface area (Å²) >= 11 is 0. The largest absolute Gasteiger partial charge is 0.490 e. The first kappa shape index (κ1) is 11.5. The van der Waals surface area contributed by atoms with E-state index in [2.05, 4.69) is 6.07 Å². The highest BCUT2D eigenvalue weighted by Gasteiger charge is 2.02. The maximum atomic E-state index is 8.70. The van der Waals surface area contributed by atoms with Gasteiger partial charge in [0.25, 0.3) is 0 Å². The molecular weight excluding hydrogens is 166 g/mol. The van der Waals surface area contributed by atoms with Crippen molar-refractivity contribution in [2.75, 3.05) is 0 Å². The Labute approximate surface area is 77.9 Å². The lowest BCUT2D eigenvalue weighted by Crippen LogP contribution is -2.06. The minimum atomic E-state index is 0. The molecule has 0 unspecified atom stereocenters. The Kier molecular flexibility index (Phi) is 4.57. The summed E-state index contributed by atoms with van der Waals surface area (Å²) < 4.78 is 5.41. The molecule has 0 spiro atoms. The lowest BCUT2D eigenvalue weighted by Gasteiger charge is -2.09. The molecule has 0 saturated carbocycles. The fraction of sp³-hybridized carbons (Fsp3) is 0.300. The highest BCUT2D eigenvalue weighted by atomic mass is 16.5. The fourth-order valence-corrected chi connectivity index (χ4v) is 0.916. The molecule has 0 atom stereocenters. The van der Waals surface area contributed by atoms with Crippen molar-refractivity contribution in [2.24, 2.45) is 0 Å². The third-order valence-electron chi connectivity index (χ3n) is 1.37. The Morgan fingerprint density at radius 1 is 1.31 bits per heavy atom. The molecule has 0 aliphatic rings. The van der Waals surface area contributed by atoms with Gasteiger partial charge < -0.3 is 10.2 Å². The van der Waals surface area contributed by atoms with E-state index < -0.39 is 0 Å². The molecule has 0 fully saturated rings. The molecule has 0 radical (unpaired) electrons. The highest BCUT2D eigenvalue weighted by Crippen LogP contribution is 2.17. The second kappa shape index (κ2) is 5.18. The number of rotatable bonds is 2. The van der Waals surface area contributed by atoms with Gasteiger partial charge in [0.1, 0.15) is 11.8 Å². The molecule has 0 saturated heterocycles. The van der Waals surface area contributed by atoms with E-state index in [-0.39, 0.29) is 11.6 Å². The van der Waals surface area contributed by atoms with Crippen LogP contribution in [-0.4, -0.2) is 11.6 Å². The Hall–Kier alpha value is -1.53. The normalized spacial score (nSPS) is 8.77. The fourth-order valence-electron chi connectivity index (χ4n) is 0.916. The third-order valence-corrected chi connectivity index (χ3v) is 1.37. The van der Waals surface area contributed by atoms with Crippen molar-refractivity contribution >= 4 is 0 Å². The summed E-state index contributed by atoms with van der Waals surface area (Å²) in [5, 5.41) is 8.70. The van der Waals surface area contributed by atoms with Crippen molar-refractivity contribution in [1.29, 1.82) is 5.26 Å². The Morgan fingerprint density at radius 2 is 1.92 bits per heavy atom. The zero-order valence-corrected chi connectivity index (χ0v) is 7.74. The first-order chi connectivity index (χ1) is 5.74. The van der Waals surface area contributed by atoms with Crippen LogP contribution in [0.1, 0.15) is 19.4 Å². The van der Waals surface area contributed by atoms with Gasteiger partial charge in [-0.15, -0.1) is 0 Å². The molecule has 1 rings (SSSR count). The highest BCUT2D eigenvalue weighted by molar-refractivity contribution is 5.42. The van der Waals surface area contributed by atoms with Gasteiger partial charge in [0.05, 0.1) is 11.7 Å². The van der Waals surface area contributed by atoms with Crippen LogP contribution in [0, 0.1) is 11.3 Å². The van der Waals surface area contributed by atoms with Crippen LogP contribution in [0.3, 0.4) is 0 Å². The van der Waals surface area contributed by atoms with Gasteiger partial charge in [0, 0.05) is 0 Å². The zero-order valence-electron chi connectivity index (χ0n) is 7.74. The van der Waals surface area contributed by atoms with Crippen molar-refractivity contribution in [1.82, 2.24) is 0 Å². The van der Waals surface area contributed by atoms with Crippen LogP contribution in [0.5, 0.6) is 5.75 Å². The molecule has 70 valence electrons. The van der Waals surface area contributed by atoms with E-state index in [4.69, 9.17) is 10.00 Å². The van der Waals surface area contributed by atoms with Crippen molar-refractivity contribution in [3.63, 3.8) is 0 Å². The summed E-state index contributed by atoms with van der Waals surface area (Å²) in [5.74, 6) is 0.662. The monoisotopic (exact) mass is 179 g/mol. The Morgan fingerprint density at radius 3 is 2.46 bits per heavy atom. The summed E-state index contributed by atoms with van der Waals surface area (Å²) in [7, 11) is 0. The Bertz CT molecular complexity index is 302. The van der Waals surface area contributed by atoms with Crippen LogP contribution in [0.15, 0.2) is 24.3 Å². The van der Waals surface area contributed by atoms with E-state index in [1.807, 2.05) is 26.0 Å². The van der Waals surface area contributed by atoms with Crippen LogP contribution in [0.25, 0.3) is 0 Å². The SMILES string of the molecule is CC(C)Oc1ccccc1C#N.O. The van der Waals surface area contributed by atoms with E-state index >= 15 is 0 Å². The molecule has 3 heteroatoms. The number of nitriles is 1. The molecule has 1 aromatic rings. The molecule has 0 amide bonds. The van der Waals surface area contributed by atoms with Gasteiger partial charge in [-0.05, 0) is 26.0 Å². The van der Waals surface area contributed by atoms with Gasteiger partial charge >= 0.3 is 0 Å². The van der Waals surface area contributed by atoms with E-state index in [9.17, 15) is 0 Å². The van der Waals surface area contributed by atoms with Gasteiger partial charge in [0.15, 0.2) is 0 Å². The Balaban J connectivity index is 0.00000144. The summed E-state index contributed by atoms with van der Waals surface area (Å²) in [6.07, 6.45) is 0.111. The van der Waals surface area contributed by atoms with Crippen LogP contribution < -0.4 is 4.74 Å². The zero-order chi connectivity index (χ0) is 8.97.